The number of aryl methyl sites for hydroxylation is 3. The maximum Gasteiger partial charge on any atom is 0.243 e. The van der Waals surface area contributed by atoms with Gasteiger partial charge in [0.25, 0.3) is 0 Å². The Morgan fingerprint density at radius 3 is 2.45 bits per heavy atom. The van der Waals surface area contributed by atoms with Crippen molar-refractivity contribution in [3.8, 4) is 17.0 Å². The second-order valence-corrected chi connectivity index (χ2v) is 6.01. The van der Waals surface area contributed by atoms with Crippen molar-refractivity contribution in [1.29, 1.82) is 0 Å². The molecule has 0 bridgehead atoms. The van der Waals surface area contributed by atoms with E-state index in [-0.39, 0.29) is 17.9 Å². The topological polar surface area (TPSA) is 91.2 Å². The summed E-state index contributed by atoms with van der Waals surface area (Å²) in [4.78, 5) is 4.42. The lowest BCUT2D eigenvalue weighted by atomic mass is 9.90. The first kappa shape index (κ1) is 14.7. The third-order valence-corrected chi connectivity index (χ3v) is 4.00. The smallest absolute Gasteiger partial charge is 0.243 e. The number of anilines is 1. The minimum atomic E-state index is -0.224. The van der Waals surface area contributed by atoms with E-state index in [0.717, 1.165) is 11.1 Å². The summed E-state index contributed by atoms with van der Waals surface area (Å²) in [5.41, 5.74) is 3.92. The van der Waals surface area contributed by atoms with Crippen molar-refractivity contribution in [2.45, 2.75) is 45.8 Å². The molecule has 0 saturated heterocycles. The first-order chi connectivity index (χ1) is 10.4. The van der Waals surface area contributed by atoms with Gasteiger partial charge in [0.1, 0.15) is 11.4 Å². The summed E-state index contributed by atoms with van der Waals surface area (Å²) in [6, 6.07) is 3.92. The molecule has 0 unspecified atom stereocenters. The van der Waals surface area contributed by atoms with E-state index in [9.17, 15) is 10.2 Å². The van der Waals surface area contributed by atoms with Crippen LogP contribution < -0.4 is 5.32 Å². The number of hydrogen-bond acceptors (Lipinski definition) is 6. The van der Waals surface area contributed by atoms with Gasteiger partial charge >= 0.3 is 0 Å². The summed E-state index contributed by atoms with van der Waals surface area (Å²) in [6.07, 6.45) is 1.20. The minimum absolute atomic E-state index is 0.194. The lowest BCUT2D eigenvalue weighted by Crippen LogP contribution is -2.39. The molecule has 6 heteroatoms. The lowest BCUT2D eigenvalue weighted by Gasteiger charge is -2.31. The Balaban J connectivity index is 1.89. The molecule has 1 aromatic carbocycles. The van der Waals surface area contributed by atoms with Gasteiger partial charge in [0, 0.05) is 11.6 Å². The number of aromatic hydroxyl groups is 1. The van der Waals surface area contributed by atoms with Crippen LogP contribution in [0.2, 0.25) is 0 Å². The van der Waals surface area contributed by atoms with Crippen LogP contribution >= 0.6 is 0 Å². The van der Waals surface area contributed by atoms with Crippen LogP contribution in [0.1, 0.15) is 29.7 Å². The number of phenolic OH excluding ortho intramolecular Hbond substituents is 1. The largest absolute Gasteiger partial charge is 0.507 e. The van der Waals surface area contributed by atoms with Gasteiger partial charge in [0.2, 0.25) is 5.95 Å². The summed E-state index contributed by atoms with van der Waals surface area (Å²) in [7, 11) is 0. The van der Waals surface area contributed by atoms with E-state index < -0.39 is 0 Å². The molecule has 2 aromatic rings. The van der Waals surface area contributed by atoms with Crippen LogP contribution in [0.4, 0.5) is 5.95 Å². The van der Waals surface area contributed by atoms with Crippen molar-refractivity contribution in [2.75, 3.05) is 5.32 Å². The maximum absolute atomic E-state index is 10.2. The molecule has 0 amide bonds. The predicted octanol–water partition coefficient (Wildman–Crippen LogP) is 2.10. The molecule has 0 atom stereocenters. The van der Waals surface area contributed by atoms with E-state index in [2.05, 4.69) is 20.5 Å². The van der Waals surface area contributed by atoms with Crippen LogP contribution in [0, 0.1) is 20.8 Å². The Bertz CT molecular complexity index is 688. The molecule has 1 heterocycles. The SMILES string of the molecule is Cc1cc(C)c(-c2nnc(NC3CC(O)C3)nc2C)c(O)c1. The lowest BCUT2D eigenvalue weighted by molar-refractivity contribution is 0.0833. The number of aliphatic hydroxyl groups excluding tert-OH is 1. The fourth-order valence-corrected chi connectivity index (χ4v) is 2.84. The Morgan fingerprint density at radius 1 is 1.14 bits per heavy atom. The van der Waals surface area contributed by atoms with E-state index in [1.165, 1.54) is 0 Å². The minimum Gasteiger partial charge on any atom is -0.507 e. The first-order valence-electron chi connectivity index (χ1n) is 7.40. The number of benzene rings is 1. The highest BCUT2D eigenvalue weighted by molar-refractivity contribution is 5.72. The number of nitrogens with zero attached hydrogens (tertiary/aromatic N) is 3. The quantitative estimate of drug-likeness (QED) is 0.804. The van der Waals surface area contributed by atoms with Crippen LogP contribution in [-0.2, 0) is 0 Å². The summed E-state index contributed by atoms with van der Waals surface area (Å²) >= 11 is 0. The number of nitrogens with one attached hydrogen (secondary N) is 1. The van der Waals surface area contributed by atoms with E-state index in [1.807, 2.05) is 26.8 Å². The average Bonchev–Trinajstić information content (AvgIpc) is 2.38. The van der Waals surface area contributed by atoms with Gasteiger partial charge in [-0.1, -0.05) is 6.07 Å². The Kier molecular flexibility index (Phi) is 3.70. The highest BCUT2D eigenvalue weighted by Gasteiger charge is 2.27. The summed E-state index contributed by atoms with van der Waals surface area (Å²) in [5, 5.41) is 31.0. The number of rotatable bonds is 3. The van der Waals surface area contributed by atoms with Gasteiger partial charge in [-0.25, -0.2) is 4.98 Å². The van der Waals surface area contributed by atoms with E-state index in [4.69, 9.17) is 0 Å². The maximum atomic E-state index is 10.2. The summed E-state index contributed by atoms with van der Waals surface area (Å²) in [6.45, 7) is 5.72. The average molecular weight is 300 g/mol. The van der Waals surface area contributed by atoms with E-state index in [0.29, 0.717) is 35.7 Å². The molecule has 3 N–H and O–H groups in total. The monoisotopic (exact) mass is 300 g/mol. The summed E-state index contributed by atoms with van der Waals surface area (Å²) < 4.78 is 0. The molecule has 1 fully saturated rings. The van der Waals surface area contributed by atoms with Gasteiger partial charge in [-0.05, 0) is 50.8 Å². The first-order valence-corrected chi connectivity index (χ1v) is 7.40. The van der Waals surface area contributed by atoms with Crippen molar-refractivity contribution < 1.29 is 10.2 Å². The molecule has 1 saturated carbocycles. The van der Waals surface area contributed by atoms with Crippen LogP contribution in [0.25, 0.3) is 11.3 Å². The van der Waals surface area contributed by atoms with Gasteiger partial charge in [0.05, 0.1) is 11.8 Å². The molecule has 0 aliphatic heterocycles. The van der Waals surface area contributed by atoms with Gasteiger partial charge in [0.15, 0.2) is 0 Å². The van der Waals surface area contributed by atoms with Crippen molar-refractivity contribution in [1.82, 2.24) is 15.2 Å². The molecule has 1 aliphatic carbocycles. The van der Waals surface area contributed by atoms with Crippen molar-refractivity contribution in [3.63, 3.8) is 0 Å². The molecule has 1 aromatic heterocycles. The van der Waals surface area contributed by atoms with Crippen LogP contribution in [0.3, 0.4) is 0 Å². The molecule has 1 aliphatic rings. The number of phenols is 1. The van der Waals surface area contributed by atoms with Crippen LogP contribution in [0.15, 0.2) is 12.1 Å². The number of aromatic nitrogens is 3. The second-order valence-electron chi connectivity index (χ2n) is 6.01. The summed E-state index contributed by atoms with van der Waals surface area (Å²) in [5.74, 6) is 0.655. The second kappa shape index (κ2) is 5.53. The van der Waals surface area contributed by atoms with Gasteiger partial charge < -0.3 is 15.5 Å². The van der Waals surface area contributed by atoms with Crippen molar-refractivity contribution >= 4 is 5.95 Å². The molecule has 0 radical (unpaired) electrons. The zero-order valence-electron chi connectivity index (χ0n) is 13.0. The molecule has 6 nitrogen and oxygen atoms in total. The molecule has 116 valence electrons. The molecule has 22 heavy (non-hydrogen) atoms. The third-order valence-electron chi connectivity index (χ3n) is 4.00. The predicted molar refractivity (Wildman–Crippen MR) is 83.8 cm³/mol. The Labute approximate surface area is 129 Å². The van der Waals surface area contributed by atoms with E-state index in [1.54, 1.807) is 6.07 Å². The van der Waals surface area contributed by atoms with Crippen LogP contribution in [-0.4, -0.2) is 37.5 Å². The van der Waals surface area contributed by atoms with Gasteiger partial charge in [-0.15, -0.1) is 10.2 Å². The zero-order chi connectivity index (χ0) is 15.9. The fraction of sp³-hybridized carbons (Fsp3) is 0.438. The normalized spacial score (nSPS) is 20.5. The zero-order valence-corrected chi connectivity index (χ0v) is 13.0. The van der Waals surface area contributed by atoms with Gasteiger partial charge in [-0.2, -0.15) is 0 Å². The van der Waals surface area contributed by atoms with Crippen molar-refractivity contribution in [3.05, 3.63) is 29.0 Å². The molecule has 3 rings (SSSR count). The number of aliphatic hydroxyl groups is 1. The standard InChI is InChI=1S/C16H20N4O2/c1-8-4-9(2)14(13(22)5-8)15-10(3)17-16(20-19-15)18-11-6-12(21)7-11/h4-5,11-12,21-22H,6-7H2,1-3H3,(H,17,18,20). The highest BCUT2D eigenvalue weighted by atomic mass is 16.3. The Hall–Kier alpha value is -2.21. The number of hydrogen-bond donors (Lipinski definition) is 3. The fourth-order valence-electron chi connectivity index (χ4n) is 2.84. The third kappa shape index (κ3) is 2.74. The van der Waals surface area contributed by atoms with Crippen molar-refractivity contribution in [2.24, 2.45) is 0 Å². The molecular formula is C16H20N4O2. The Morgan fingerprint density at radius 2 is 1.86 bits per heavy atom. The molecular weight excluding hydrogens is 280 g/mol. The van der Waals surface area contributed by atoms with E-state index >= 15 is 0 Å². The molecule has 0 spiro atoms. The van der Waals surface area contributed by atoms with Crippen LogP contribution in [0.5, 0.6) is 5.75 Å². The van der Waals surface area contributed by atoms with Gasteiger partial charge in [-0.3, -0.25) is 0 Å². The highest BCUT2D eigenvalue weighted by Crippen LogP contribution is 2.33.